The van der Waals surface area contributed by atoms with Crippen molar-refractivity contribution in [1.82, 2.24) is 18.7 Å². The molecular weight excluding hydrogens is 336 g/mol. The van der Waals surface area contributed by atoms with E-state index in [0.717, 1.165) is 6.42 Å². The third-order valence-electron chi connectivity index (χ3n) is 4.36. The first-order valence-corrected chi connectivity index (χ1v) is 8.86. The van der Waals surface area contributed by atoms with Crippen molar-refractivity contribution in [3.05, 3.63) is 27.2 Å². The highest BCUT2D eigenvalue weighted by molar-refractivity contribution is 5.75. The minimum atomic E-state index is -0.522. The van der Waals surface area contributed by atoms with Crippen LogP contribution in [0.3, 0.4) is 0 Å². The van der Waals surface area contributed by atoms with Crippen molar-refractivity contribution in [2.24, 2.45) is 19.5 Å². The fourth-order valence-electron chi connectivity index (χ4n) is 2.71. The van der Waals surface area contributed by atoms with Crippen LogP contribution in [0.25, 0.3) is 11.2 Å². The number of nitrogens with zero attached hydrogens (tertiary/aromatic N) is 4. The van der Waals surface area contributed by atoms with E-state index < -0.39 is 5.41 Å². The second-order valence-electron chi connectivity index (χ2n) is 7.79. The third kappa shape index (κ3) is 4.05. The average Bonchev–Trinajstić information content (AvgIpc) is 2.93. The van der Waals surface area contributed by atoms with Crippen molar-refractivity contribution in [3.63, 3.8) is 0 Å². The van der Waals surface area contributed by atoms with Crippen LogP contribution in [0.4, 0.5) is 0 Å². The molecular formula is C18H28N4O4. The van der Waals surface area contributed by atoms with Gasteiger partial charge in [-0.3, -0.25) is 18.7 Å². The second kappa shape index (κ2) is 7.47. The molecule has 2 heterocycles. The van der Waals surface area contributed by atoms with E-state index in [9.17, 15) is 14.4 Å². The van der Waals surface area contributed by atoms with E-state index in [4.69, 9.17) is 4.74 Å². The standard InChI is InChI=1S/C18H28N4O4/c1-12(26-16(24)18(2,3)4)9-7-8-10-22-15(23)13-14(19-11-20(13)5)21(6)17(22)25/h11-12H,7-10H2,1-6H3/t12-/m1/s1. The van der Waals surface area contributed by atoms with Crippen molar-refractivity contribution in [2.75, 3.05) is 0 Å². The molecule has 2 aromatic rings. The first kappa shape index (κ1) is 19.9. The molecule has 0 aromatic carbocycles. The van der Waals surface area contributed by atoms with Gasteiger partial charge >= 0.3 is 11.7 Å². The molecule has 0 aliphatic carbocycles. The van der Waals surface area contributed by atoms with E-state index >= 15 is 0 Å². The van der Waals surface area contributed by atoms with Gasteiger partial charge in [0, 0.05) is 20.6 Å². The summed E-state index contributed by atoms with van der Waals surface area (Å²) in [5.41, 5.74) is -0.406. The van der Waals surface area contributed by atoms with Crippen LogP contribution in [0.15, 0.2) is 15.9 Å². The molecule has 0 saturated heterocycles. The predicted molar refractivity (Wildman–Crippen MR) is 99.1 cm³/mol. The summed E-state index contributed by atoms with van der Waals surface area (Å²) in [7, 11) is 3.35. The van der Waals surface area contributed by atoms with Crippen LogP contribution in [-0.2, 0) is 30.2 Å². The first-order chi connectivity index (χ1) is 12.0. The number of rotatable bonds is 6. The van der Waals surface area contributed by atoms with Gasteiger partial charge < -0.3 is 9.30 Å². The molecule has 0 bridgehead atoms. The number of aromatic nitrogens is 4. The summed E-state index contributed by atoms with van der Waals surface area (Å²) in [4.78, 5) is 41.0. The summed E-state index contributed by atoms with van der Waals surface area (Å²) >= 11 is 0. The molecule has 0 amide bonds. The Kier molecular flexibility index (Phi) is 5.73. The van der Waals surface area contributed by atoms with Gasteiger partial charge in [-0.25, -0.2) is 9.78 Å². The largest absolute Gasteiger partial charge is 0.462 e. The molecule has 0 N–H and O–H groups in total. The lowest BCUT2D eigenvalue weighted by atomic mass is 9.97. The van der Waals surface area contributed by atoms with Crippen LogP contribution in [0.5, 0.6) is 0 Å². The van der Waals surface area contributed by atoms with E-state index in [1.165, 1.54) is 15.5 Å². The molecule has 1 atom stereocenters. The van der Waals surface area contributed by atoms with Crippen LogP contribution in [0.1, 0.15) is 47.0 Å². The monoisotopic (exact) mass is 364 g/mol. The lowest BCUT2D eigenvalue weighted by Crippen LogP contribution is -2.39. The van der Waals surface area contributed by atoms with Gasteiger partial charge in [0.1, 0.15) is 0 Å². The molecule has 8 heteroatoms. The minimum absolute atomic E-state index is 0.194. The van der Waals surface area contributed by atoms with Crippen molar-refractivity contribution < 1.29 is 9.53 Å². The summed E-state index contributed by atoms with van der Waals surface area (Å²) in [6.07, 6.45) is 3.42. The molecule has 0 spiro atoms. The molecule has 0 fully saturated rings. The zero-order valence-electron chi connectivity index (χ0n) is 16.4. The number of imidazole rings is 1. The van der Waals surface area contributed by atoms with Gasteiger partial charge in [-0.2, -0.15) is 0 Å². The molecule has 144 valence electrons. The number of unbranched alkanes of at least 4 members (excludes halogenated alkanes) is 1. The lowest BCUT2D eigenvalue weighted by Gasteiger charge is -2.20. The molecule has 0 aliphatic heterocycles. The minimum Gasteiger partial charge on any atom is -0.462 e. The summed E-state index contributed by atoms with van der Waals surface area (Å²) in [6.45, 7) is 7.64. The third-order valence-corrected chi connectivity index (χ3v) is 4.36. The molecule has 0 radical (unpaired) electrons. The highest BCUT2D eigenvalue weighted by Crippen LogP contribution is 2.17. The number of esters is 1. The van der Waals surface area contributed by atoms with Gasteiger partial charge in [0.05, 0.1) is 17.8 Å². The van der Waals surface area contributed by atoms with Crippen molar-refractivity contribution in [1.29, 1.82) is 0 Å². The number of fused-ring (bicyclic) bond motifs is 1. The molecule has 2 aromatic heterocycles. The second-order valence-corrected chi connectivity index (χ2v) is 7.79. The molecule has 2 rings (SSSR count). The number of carbonyl (C=O) groups is 1. The topological polar surface area (TPSA) is 88.1 Å². The van der Waals surface area contributed by atoms with Crippen LogP contribution < -0.4 is 11.2 Å². The van der Waals surface area contributed by atoms with Gasteiger partial charge in [-0.1, -0.05) is 0 Å². The van der Waals surface area contributed by atoms with Crippen LogP contribution >= 0.6 is 0 Å². The Morgan fingerprint density at radius 1 is 1.23 bits per heavy atom. The molecule has 0 unspecified atom stereocenters. The Labute approximate surface area is 152 Å². The SMILES string of the molecule is C[C@H](CCCCn1c(=O)c2c(ncn2C)n(C)c1=O)OC(=O)C(C)(C)C. The summed E-state index contributed by atoms with van der Waals surface area (Å²) in [5, 5.41) is 0. The summed E-state index contributed by atoms with van der Waals surface area (Å²) in [6, 6.07) is 0. The smallest absolute Gasteiger partial charge is 0.332 e. The highest BCUT2D eigenvalue weighted by Gasteiger charge is 2.24. The van der Waals surface area contributed by atoms with Crippen molar-refractivity contribution in [2.45, 2.75) is 59.6 Å². The molecule has 0 saturated carbocycles. The van der Waals surface area contributed by atoms with Gasteiger partial charge in [0.15, 0.2) is 11.2 Å². The zero-order chi connectivity index (χ0) is 19.6. The zero-order valence-corrected chi connectivity index (χ0v) is 16.4. The number of hydrogen-bond acceptors (Lipinski definition) is 5. The number of hydrogen-bond donors (Lipinski definition) is 0. The van der Waals surface area contributed by atoms with E-state index in [0.29, 0.717) is 30.6 Å². The maximum absolute atomic E-state index is 12.6. The van der Waals surface area contributed by atoms with E-state index in [1.807, 2.05) is 27.7 Å². The Hall–Kier alpha value is -2.38. The first-order valence-electron chi connectivity index (χ1n) is 8.86. The van der Waals surface area contributed by atoms with Crippen molar-refractivity contribution >= 4 is 17.1 Å². The van der Waals surface area contributed by atoms with Gasteiger partial charge in [0.25, 0.3) is 5.56 Å². The lowest BCUT2D eigenvalue weighted by molar-refractivity contribution is -0.158. The van der Waals surface area contributed by atoms with E-state index in [1.54, 1.807) is 18.7 Å². The maximum Gasteiger partial charge on any atom is 0.332 e. The Morgan fingerprint density at radius 2 is 1.88 bits per heavy atom. The van der Waals surface area contributed by atoms with E-state index in [-0.39, 0.29) is 23.3 Å². The molecule has 8 nitrogen and oxygen atoms in total. The average molecular weight is 364 g/mol. The van der Waals surface area contributed by atoms with E-state index in [2.05, 4.69) is 4.98 Å². The summed E-state index contributed by atoms with van der Waals surface area (Å²) in [5.74, 6) is -0.225. The fourth-order valence-corrected chi connectivity index (χ4v) is 2.71. The Morgan fingerprint density at radius 3 is 2.50 bits per heavy atom. The van der Waals surface area contributed by atoms with Crippen LogP contribution in [-0.4, -0.2) is 30.8 Å². The number of aryl methyl sites for hydroxylation is 2. The molecule has 0 aliphatic rings. The predicted octanol–water partition coefficient (Wildman–Crippen LogP) is 1.58. The summed E-state index contributed by atoms with van der Waals surface area (Å²) < 4.78 is 9.68. The quantitative estimate of drug-likeness (QED) is 0.574. The van der Waals surface area contributed by atoms with Gasteiger partial charge in [0.2, 0.25) is 0 Å². The Balaban J connectivity index is 2.01. The van der Waals surface area contributed by atoms with Crippen molar-refractivity contribution in [3.8, 4) is 0 Å². The number of ether oxygens (including phenoxy) is 1. The Bertz CT molecular complexity index is 914. The van der Waals surface area contributed by atoms with Gasteiger partial charge in [-0.15, -0.1) is 0 Å². The molecule has 26 heavy (non-hydrogen) atoms. The fraction of sp³-hybridized carbons (Fsp3) is 0.667. The van der Waals surface area contributed by atoms with Crippen LogP contribution in [0.2, 0.25) is 0 Å². The number of carbonyl (C=O) groups excluding carboxylic acids is 1. The van der Waals surface area contributed by atoms with Crippen LogP contribution in [0, 0.1) is 5.41 Å². The van der Waals surface area contributed by atoms with Gasteiger partial charge in [-0.05, 0) is 47.0 Å². The maximum atomic E-state index is 12.6. The normalized spacial score (nSPS) is 13.2. The highest BCUT2D eigenvalue weighted by atomic mass is 16.5.